The molecule has 0 radical (unpaired) electrons. The lowest BCUT2D eigenvalue weighted by Crippen LogP contribution is -2.09. The third-order valence-electron chi connectivity index (χ3n) is 2.09. The van der Waals surface area contributed by atoms with Crippen molar-refractivity contribution >= 4 is 17.7 Å². The molecule has 0 N–H and O–H groups in total. The first-order chi connectivity index (χ1) is 8.10. The second kappa shape index (κ2) is 5.74. The maximum atomic E-state index is 13.5. The molecule has 0 saturated carbocycles. The summed E-state index contributed by atoms with van der Waals surface area (Å²) in [4.78, 5) is 21.3. The molecule has 6 heteroatoms. The highest BCUT2D eigenvalue weighted by Gasteiger charge is 2.10. The van der Waals surface area contributed by atoms with E-state index in [0.717, 1.165) is 11.1 Å². The van der Waals surface area contributed by atoms with E-state index in [1.54, 1.807) is 0 Å². The van der Waals surface area contributed by atoms with Crippen LogP contribution in [0.2, 0.25) is 0 Å². The molecule has 1 aromatic carbocycles. The number of hydrogen-bond donors (Lipinski definition) is 0. The Morgan fingerprint density at radius 1 is 1.53 bits per heavy atom. The number of rotatable bonds is 4. The van der Waals surface area contributed by atoms with Crippen molar-refractivity contribution in [1.82, 2.24) is 0 Å². The maximum Gasteiger partial charge on any atom is 0.330 e. The average Bonchev–Trinajstić information content (AvgIpc) is 2.35. The molecular weight excluding hydrogens is 227 g/mol. The number of halogens is 1. The molecule has 90 valence electrons. The van der Waals surface area contributed by atoms with Gasteiger partial charge in [-0.1, -0.05) is 6.07 Å². The summed E-state index contributed by atoms with van der Waals surface area (Å²) < 4.78 is 17.9. The van der Waals surface area contributed by atoms with E-state index in [4.69, 9.17) is 0 Å². The molecule has 1 rings (SSSR count). The van der Waals surface area contributed by atoms with Gasteiger partial charge >= 0.3 is 5.97 Å². The van der Waals surface area contributed by atoms with Crippen LogP contribution in [0.25, 0.3) is 6.08 Å². The highest BCUT2D eigenvalue weighted by Crippen LogP contribution is 2.23. The number of anilines is 1. The van der Waals surface area contributed by atoms with Gasteiger partial charge in [-0.05, 0) is 18.2 Å². The number of carbonyl (C=O) groups is 1. The molecule has 0 saturated heterocycles. The lowest BCUT2D eigenvalue weighted by molar-refractivity contribution is -0.134. The van der Waals surface area contributed by atoms with E-state index in [9.17, 15) is 14.1 Å². The molecule has 0 fully saturated rings. The second-order valence-electron chi connectivity index (χ2n) is 3.13. The fourth-order valence-corrected chi connectivity index (χ4v) is 1.24. The molecule has 0 aliphatic carbocycles. The van der Waals surface area contributed by atoms with Gasteiger partial charge in [-0.25, -0.2) is 14.2 Å². The van der Waals surface area contributed by atoms with Gasteiger partial charge in [0.25, 0.3) is 0 Å². The van der Waals surface area contributed by atoms with Gasteiger partial charge in [-0.3, -0.25) is 0 Å². The number of methoxy groups -OCH3 is 1. The minimum absolute atomic E-state index is 0.0972. The second-order valence-corrected chi connectivity index (χ2v) is 3.13. The monoisotopic (exact) mass is 238 g/mol. The molecule has 5 nitrogen and oxygen atoms in total. The molecule has 0 aromatic heterocycles. The van der Waals surface area contributed by atoms with Crippen LogP contribution in [0.5, 0.6) is 0 Å². The van der Waals surface area contributed by atoms with Gasteiger partial charge in [-0.2, -0.15) is 0 Å². The summed E-state index contributed by atoms with van der Waals surface area (Å²) in [6.07, 6.45) is 2.30. The lowest BCUT2D eigenvalue weighted by atomic mass is 10.1. The van der Waals surface area contributed by atoms with Gasteiger partial charge in [0, 0.05) is 18.7 Å². The van der Waals surface area contributed by atoms with Crippen LogP contribution in [-0.4, -0.2) is 20.1 Å². The normalized spacial score (nSPS) is 10.3. The van der Waals surface area contributed by atoms with E-state index < -0.39 is 11.8 Å². The van der Waals surface area contributed by atoms with Crippen LogP contribution in [0.4, 0.5) is 10.1 Å². The third-order valence-corrected chi connectivity index (χ3v) is 2.09. The van der Waals surface area contributed by atoms with Crippen LogP contribution < -0.4 is 5.01 Å². The van der Waals surface area contributed by atoms with E-state index in [-0.39, 0.29) is 11.3 Å². The Bertz CT molecular complexity index is 460. The van der Waals surface area contributed by atoms with Crippen LogP contribution in [0, 0.1) is 10.7 Å². The number of nitroso groups, excluding NO2 is 1. The zero-order valence-corrected chi connectivity index (χ0v) is 9.38. The number of ether oxygens (including phenoxy) is 1. The summed E-state index contributed by atoms with van der Waals surface area (Å²) in [5.74, 6) is -1.17. The van der Waals surface area contributed by atoms with E-state index in [0.29, 0.717) is 0 Å². The van der Waals surface area contributed by atoms with Gasteiger partial charge in [0.05, 0.1) is 18.1 Å². The summed E-state index contributed by atoms with van der Waals surface area (Å²) in [6.45, 7) is 0. The Morgan fingerprint density at radius 3 is 2.82 bits per heavy atom. The highest BCUT2D eigenvalue weighted by molar-refractivity contribution is 5.88. The summed E-state index contributed by atoms with van der Waals surface area (Å²) in [7, 11) is 2.60. The van der Waals surface area contributed by atoms with Gasteiger partial charge in [0.2, 0.25) is 0 Å². The summed E-state index contributed by atoms with van der Waals surface area (Å²) in [5, 5.41) is 3.65. The maximum absolute atomic E-state index is 13.5. The Kier molecular flexibility index (Phi) is 4.33. The largest absolute Gasteiger partial charge is 0.466 e. The number of esters is 1. The van der Waals surface area contributed by atoms with Crippen molar-refractivity contribution in [3.63, 3.8) is 0 Å². The fourth-order valence-electron chi connectivity index (χ4n) is 1.24. The molecular formula is C11H11FN2O3. The molecule has 0 unspecified atom stereocenters. The van der Waals surface area contributed by atoms with Crippen LogP contribution in [0.15, 0.2) is 29.6 Å². The zero-order valence-electron chi connectivity index (χ0n) is 9.38. The smallest absolute Gasteiger partial charge is 0.330 e. The summed E-state index contributed by atoms with van der Waals surface area (Å²) >= 11 is 0. The first kappa shape index (κ1) is 12.8. The van der Waals surface area contributed by atoms with Crippen LogP contribution >= 0.6 is 0 Å². The Morgan fingerprint density at radius 2 is 2.24 bits per heavy atom. The van der Waals surface area contributed by atoms with Crippen LogP contribution in [0.3, 0.4) is 0 Å². The SMILES string of the molecule is COC(=O)/C=C/c1c(F)cccc1N(C)N=O. The molecule has 0 amide bonds. The minimum atomic E-state index is -0.610. The predicted molar refractivity (Wildman–Crippen MR) is 61.6 cm³/mol. The van der Waals surface area contributed by atoms with Crippen molar-refractivity contribution < 1.29 is 13.9 Å². The highest BCUT2D eigenvalue weighted by atomic mass is 19.1. The molecule has 0 atom stereocenters. The quantitative estimate of drug-likeness (QED) is 0.349. The van der Waals surface area contributed by atoms with Crippen molar-refractivity contribution in [3.8, 4) is 0 Å². The van der Waals surface area contributed by atoms with Crippen molar-refractivity contribution in [2.75, 3.05) is 19.2 Å². The van der Waals surface area contributed by atoms with E-state index in [2.05, 4.69) is 10.0 Å². The van der Waals surface area contributed by atoms with Gasteiger partial charge in [-0.15, -0.1) is 4.91 Å². The fraction of sp³-hybridized carbons (Fsp3) is 0.182. The first-order valence-electron chi connectivity index (χ1n) is 4.71. The number of benzene rings is 1. The van der Waals surface area contributed by atoms with Gasteiger partial charge < -0.3 is 4.74 Å². The Labute approximate surface area is 97.4 Å². The van der Waals surface area contributed by atoms with Crippen LogP contribution in [-0.2, 0) is 9.53 Å². The van der Waals surface area contributed by atoms with Crippen molar-refractivity contribution in [3.05, 3.63) is 40.6 Å². The Balaban J connectivity index is 3.16. The molecule has 1 aromatic rings. The van der Waals surface area contributed by atoms with E-state index >= 15 is 0 Å². The predicted octanol–water partition coefficient (Wildman–Crippen LogP) is 2.13. The third kappa shape index (κ3) is 3.10. The lowest BCUT2D eigenvalue weighted by Gasteiger charge is -2.12. The summed E-state index contributed by atoms with van der Waals surface area (Å²) in [6, 6.07) is 4.18. The number of carbonyl (C=O) groups excluding carboxylic acids is 1. The minimum Gasteiger partial charge on any atom is -0.466 e. The Hall–Kier alpha value is -2.24. The zero-order chi connectivity index (χ0) is 12.8. The van der Waals surface area contributed by atoms with Crippen molar-refractivity contribution in [2.45, 2.75) is 0 Å². The van der Waals surface area contributed by atoms with Gasteiger partial charge in [0.15, 0.2) is 0 Å². The molecule has 0 heterocycles. The summed E-state index contributed by atoms with van der Waals surface area (Å²) in [5.41, 5.74) is 0.361. The molecule has 17 heavy (non-hydrogen) atoms. The number of hydrogen-bond acceptors (Lipinski definition) is 4. The number of nitrogens with zero attached hydrogens (tertiary/aromatic N) is 2. The molecule has 0 bridgehead atoms. The van der Waals surface area contributed by atoms with E-state index in [1.165, 1.54) is 38.4 Å². The van der Waals surface area contributed by atoms with Gasteiger partial charge in [0.1, 0.15) is 5.82 Å². The molecule has 0 aliphatic rings. The topological polar surface area (TPSA) is 59.0 Å². The van der Waals surface area contributed by atoms with Crippen molar-refractivity contribution in [2.24, 2.45) is 5.29 Å². The standard InChI is InChI=1S/C11H11FN2O3/c1-14(13-16)10-5-3-4-9(12)8(10)6-7-11(15)17-2/h3-7H,1-2H3/b7-6+. The van der Waals surface area contributed by atoms with Crippen molar-refractivity contribution in [1.29, 1.82) is 0 Å². The van der Waals surface area contributed by atoms with Crippen LogP contribution in [0.1, 0.15) is 5.56 Å². The first-order valence-corrected chi connectivity index (χ1v) is 4.71. The average molecular weight is 238 g/mol. The molecule has 0 spiro atoms. The molecule has 0 aliphatic heterocycles. The van der Waals surface area contributed by atoms with E-state index in [1.807, 2.05) is 0 Å².